The first-order valence-corrected chi connectivity index (χ1v) is 12.1. The second kappa shape index (κ2) is 8.20. The van der Waals surface area contributed by atoms with Crippen LogP contribution in [0, 0.1) is 0 Å². The summed E-state index contributed by atoms with van der Waals surface area (Å²) < 4.78 is 46.0. The Balaban J connectivity index is 1.60. The number of halogens is 2. The average Bonchev–Trinajstić information content (AvgIpc) is 3.32. The number of fused-ring (bicyclic) bond motifs is 1. The summed E-state index contributed by atoms with van der Waals surface area (Å²) in [4.78, 5) is 0.163. The van der Waals surface area contributed by atoms with Gasteiger partial charge in [0.05, 0.1) is 16.5 Å². The molecule has 1 aliphatic heterocycles. The SMILES string of the molecule is CC(C)(C)NCc1cc2cc(-c3ccc(S(=O)(=O)N4CC[C@@H](F)C4)cc3)cc(Cl)c2o1. The fourth-order valence-electron chi connectivity index (χ4n) is 3.64. The fraction of sp³-hybridized carbons (Fsp3) is 0.391. The lowest BCUT2D eigenvalue weighted by molar-refractivity contribution is 0.343. The van der Waals surface area contributed by atoms with Crippen LogP contribution >= 0.6 is 11.6 Å². The number of nitrogens with zero attached hydrogens (tertiary/aromatic N) is 1. The van der Waals surface area contributed by atoms with Gasteiger partial charge in [-0.3, -0.25) is 0 Å². The highest BCUT2D eigenvalue weighted by atomic mass is 35.5. The van der Waals surface area contributed by atoms with Crippen molar-refractivity contribution in [2.24, 2.45) is 0 Å². The van der Waals surface area contributed by atoms with E-state index in [0.29, 0.717) is 17.2 Å². The Kier molecular flexibility index (Phi) is 5.89. The number of hydrogen-bond donors (Lipinski definition) is 1. The molecule has 5 nitrogen and oxygen atoms in total. The maximum absolute atomic E-state index is 13.4. The Morgan fingerprint density at radius 2 is 1.87 bits per heavy atom. The third kappa shape index (κ3) is 4.80. The van der Waals surface area contributed by atoms with Crippen molar-refractivity contribution in [3.63, 3.8) is 0 Å². The van der Waals surface area contributed by atoms with E-state index < -0.39 is 16.2 Å². The summed E-state index contributed by atoms with van der Waals surface area (Å²) in [6, 6.07) is 12.4. The summed E-state index contributed by atoms with van der Waals surface area (Å²) in [5.41, 5.74) is 2.30. The molecule has 1 atom stereocenters. The van der Waals surface area contributed by atoms with Crippen LogP contribution < -0.4 is 5.32 Å². The molecule has 166 valence electrons. The van der Waals surface area contributed by atoms with E-state index in [2.05, 4.69) is 26.1 Å². The van der Waals surface area contributed by atoms with Gasteiger partial charge in [-0.1, -0.05) is 23.7 Å². The summed E-state index contributed by atoms with van der Waals surface area (Å²) in [7, 11) is -3.68. The zero-order valence-corrected chi connectivity index (χ0v) is 19.4. The molecule has 3 aromatic rings. The van der Waals surface area contributed by atoms with Crippen LogP contribution in [0.25, 0.3) is 22.1 Å². The van der Waals surface area contributed by atoms with Gasteiger partial charge in [0.2, 0.25) is 10.0 Å². The molecule has 1 fully saturated rings. The van der Waals surface area contributed by atoms with Gasteiger partial charge in [0, 0.05) is 24.0 Å². The monoisotopic (exact) mass is 464 g/mol. The Bertz CT molecular complexity index is 1200. The highest BCUT2D eigenvalue weighted by molar-refractivity contribution is 7.89. The molecule has 8 heteroatoms. The average molecular weight is 465 g/mol. The third-order valence-corrected chi connectivity index (χ3v) is 7.49. The van der Waals surface area contributed by atoms with Gasteiger partial charge in [-0.2, -0.15) is 4.31 Å². The van der Waals surface area contributed by atoms with Gasteiger partial charge >= 0.3 is 0 Å². The predicted octanol–water partition coefficient (Wildman–Crippen LogP) is 5.37. The molecule has 0 unspecified atom stereocenters. The first-order chi connectivity index (χ1) is 14.5. The standard InChI is InChI=1S/C23H26ClFN2O3S/c1-23(2,3)26-13-19-11-17-10-16(12-21(24)22(17)30-19)15-4-6-20(7-5-15)31(28,29)27-9-8-18(25)14-27/h4-7,10-12,18,26H,8-9,13-14H2,1-3H3/t18-/m1/s1. The van der Waals surface area contributed by atoms with Gasteiger partial charge in [0.15, 0.2) is 5.58 Å². The lowest BCUT2D eigenvalue weighted by Gasteiger charge is -2.19. The van der Waals surface area contributed by atoms with Gasteiger partial charge in [0.25, 0.3) is 0 Å². The molecule has 1 aliphatic rings. The number of alkyl halides is 1. The molecule has 0 spiro atoms. The van der Waals surface area contributed by atoms with Crippen molar-refractivity contribution in [3.8, 4) is 11.1 Å². The van der Waals surface area contributed by atoms with Crippen LogP contribution in [0.2, 0.25) is 5.02 Å². The molecule has 2 heterocycles. The molecular weight excluding hydrogens is 439 g/mol. The first-order valence-electron chi connectivity index (χ1n) is 10.2. The zero-order chi connectivity index (χ0) is 22.4. The largest absolute Gasteiger partial charge is 0.458 e. The van der Waals surface area contributed by atoms with Crippen LogP contribution in [0.4, 0.5) is 4.39 Å². The number of rotatable bonds is 5. The molecule has 4 rings (SSSR count). The molecule has 1 saturated heterocycles. The topological polar surface area (TPSA) is 62.6 Å². The number of hydrogen-bond acceptors (Lipinski definition) is 4. The molecule has 1 N–H and O–H groups in total. The molecule has 0 saturated carbocycles. The normalized spacial score (nSPS) is 18.2. The van der Waals surface area contributed by atoms with Gasteiger partial charge in [-0.25, -0.2) is 12.8 Å². The van der Waals surface area contributed by atoms with Gasteiger partial charge in [-0.05, 0) is 68.7 Å². The van der Waals surface area contributed by atoms with Gasteiger partial charge in [-0.15, -0.1) is 0 Å². The lowest BCUT2D eigenvalue weighted by Crippen LogP contribution is -2.34. The molecule has 1 aromatic heterocycles. The lowest BCUT2D eigenvalue weighted by atomic mass is 10.0. The fourth-order valence-corrected chi connectivity index (χ4v) is 5.39. The highest BCUT2D eigenvalue weighted by Gasteiger charge is 2.32. The highest BCUT2D eigenvalue weighted by Crippen LogP contribution is 2.34. The number of nitrogens with one attached hydrogen (secondary N) is 1. The summed E-state index contributed by atoms with van der Waals surface area (Å²) in [6.07, 6.45) is -0.852. The molecule has 0 aliphatic carbocycles. The molecule has 0 radical (unpaired) electrons. The van der Waals surface area contributed by atoms with Crippen LogP contribution in [-0.2, 0) is 16.6 Å². The summed E-state index contributed by atoms with van der Waals surface area (Å²) in [6.45, 7) is 6.99. The van der Waals surface area contributed by atoms with Crippen molar-refractivity contribution in [1.29, 1.82) is 0 Å². The van der Waals surface area contributed by atoms with Gasteiger partial charge < -0.3 is 9.73 Å². The number of furan rings is 1. The Labute approximate surface area is 187 Å². The van der Waals surface area contributed by atoms with Crippen molar-refractivity contribution in [2.45, 2.75) is 50.3 Å². The minimum atomic E-state index is -3.68. The maximum atomic E-state index is 13.4. The molecule has 0 bridgehead atoms. The van der Waals surface area contributed by atoms with Crippen LogP contribution in [-0.4, -0.2) is 37.5 Å². The molecular formula is C23H26ClFN2O3S. The summed E-state index contributed by atoms with van der Waals surface area (Å²) in [5.74, 6) is 0.794. The quantitative estimate of drug-likeness (QED) is 0.551. The minimum absolute atomic E-state index is 0.0316. The van der Waals surface area contributed by atoms with Crippen molar-refractivity contribution in [2.75, 3.05) is 13.1 Å². The van der Waals surface area contributed by atoms with E-state index in [1.807, 2.05) is 18.2 Å². The second-order valence-corrected chi connectivity index (χ2v) is 11.3. The second-order valence-electron chi connectivity index (χ2n) is 8.97. The van der Waals surface area contributed by atoms with Gasteiger partial charge in [0.1, 0.15) is 11.9 Å². The number of sulfonamides is 1. The minimum Gasteiger partial charge on any atom is -0.458 e. The van der Waals surface area contributed by atoms with Crippen LogP contribution in [0.15, 0.2) is 51.8 Å². The van der Waals surface area contributed by atoms with E-state index in [1.54, 1.807) is 24.3 Å². The molecule has 2 aromatic carbocycles. The van der Waals surface area contributed by atoms with E-state index >= 15 is 0 Å². The number of benzene rings is 2. The third-order valence-electron chi connectivity index (χ3n) is 5.33. The molecule has 0 amide bonds. The van der Waals surface area contributed by atoms with E-state index in [1.165, 1.54) is 4.31 Å². The predicted molar refractivity (Wildman–Crippen MR) is 122 cm³/mol. The van der Waals surface area contributed by atoms with E-state index in [0.717, 1.165) is 22.3 Å². The van der Waals surface area contributed by atoms with Crippen molar-refractivity contribution in [3.05, 3.63) is 53.2 Å². The van der Waals surface area contributed by atoms with Crippen molar-refractivity contribution >= 4 is 32.6 Å². The van der Waals surface area contributed by atoms with E-state index in [4.69, 9.17) is 16.0 Å². The Hall–Kier alpha value is -1.93. The van der Waals surface area contributed by atoms with Crippen LogP contribution in [0.1, 0.15) is 33.0 Å². The van der Waals surface area contributed by atoms with Crippen molar-refractivity contribution < 1.29 is 17.2 Å². The van der Waals surface area contributed by atoms with Crippen LogP contribution in [0.3, 0.4) is 0 Å². The van der Waals surface area contributed by atoms with E-state index in [-0.39, 0.29) is 29.9 Å². The summed E-state index contributed by atoms with van der Waals surface area (Å²) in [5, 5.41) is 4.77. The smallest absolute Gasteiger partial charge is 0.243 e. The van der Waals surface area contributed by atoms with Crippen LogP contribution in [0.5, 0.6) is 0 Å². The maximum Gasteiger partial charge on any atom is 0.243 e. The Morgan fingerprint density at radius 1 is 1.16 bits per heavy atom. The Morgan fingerprint density at radius 3 is 2.48 bits per heavy atom. The summed E-state index contributed by atoms with van der Waals surface area (Å²) >= 11 is 6.47. The molecule has 31 heavy (non-hydrogen) atoms. The van der Waals surface area contributed by atoms with E-state index in [9.17, 15) is 12.8 Å². The zero-order valence-electron chi connectivity index (χ0n) is 17.8. The van der Waals surface area contributed by atoms with Crippen molar-refractivity contribution in [1.82, 2.24) is 9.62 Å². The first kappa shape index (κ1) is 22.3.